The van der Waals surface area contributed by atoms with Crippen LogP contribution in [0.1, 0.15) is 12.8 Å². The summed E-state index contributed by atoms with van der Waals surface area (Å²) < 4.78 is 63.7. The predicted octanol–water partition coefficient (Wildman–Crippen LogP) is 3.37. The van der Waals surface area contributed by atoms with Crippen LogP contribution in [0.15, 0.2) is 61.2 Å². The van der Waals surface area contributed by atoms with Crippen LogP contribution >= 0.6 is 0 Å². The molecule has 0 radical (unpaired) electrons. The molecule has 1 fully saturated rings. The maximum absolute atomic E-state index is 12.9. The van der Waals surface area contributed by atoms with Gasteiger partial charge in [-0.3, -0.25) is 14.8 Å². The Morgan fingerprint density at radius 2 is 1.91 bits per heavy atom. The molecule has 1 saturated heterocycles. The standard InChI is InChI=1S/C21H18F3N5O4S/c22-21(23,24)34(31,32)33-19-8-6-16(13-27-19)29-10-2-4-18(29)20(30)28-15-5-7-17(26-12-15)14-3-1-9-25-11-14/h1,3,5-9,11-13,18H,2,4,10H2,(H,28,30)/t18-/m0/s1. The van der Waals surface area contributed by atoms with Gasteiger partial charge in [-0.05, 0) is 43.2 Å². The molecule has 1 N–H and O–H groups in total. The van der Waals surface area contributed by atoms with E-state index in [-0.39, 0.29) is 5.91 Å². The fourth-order valence-corrected chi connectivity index (χ4v) is 3.90. The summed E-state index contributed by atoms with van der Waals surface area (Å²) in [7, 11) is -5.81. The van der Waals surface area contributed by atoms with Gasteiger partial charge in [0, 0.05) is 30.6 Å². The average molecular weight is 493 g/mol. The number of amides is 1. The number of rotatable bonds is 6. The number of pyridine rings is 3. The van der Waals surface area contributed by atoms with Crippen molar-refractivity contribution in [3.05, 3.63) is 61.2 Å². The zero-order chi connectivity index (χ0) is 24.3. The highest BCUT2D eigenvalue weighted by Crippen LogP contribution is 2.29. The summed E-state index contributed by atoms with van der Waals surface area (Å²) in [6.45, 7) is 0.513. The van der Waals surface area contributed by atoms with Crippen LogP contribution in [0.5, 0.6) is 5.88 Å². The van der Waals surface area contributed by atoms with Crippen molar-refractivity contribution in [2.24, 2.45) is 0 Å². The number of hydrogen-bond acceptors (Lipinski definition) is 8. The minimum absolute atomic E-state index is 0.284. The second kappa shape index (κ2) is 9.25. The third-order valence-corrected chi connectivity index (χ3v) is 6.03. The molecule has 9 nitrogen and oxygen atoms in total. The van der Waals surface area contributed by atoms with E-state index in [1.54, 1.807) is 35.5 Å². The van der Waals surface area contributed by atoms with Crippen LogP contribution in [-0.4, -0.2) is 47.4 Å². The average Bonchev–Trinajstić information content (AvgIpc) is 3.30. The molecule has 1 aliphatic heterocycles. The second-order valence-electron chi connectivity index (χ2n) is 7.35. The monoisotopic (exact) mass is 493 g/mol. The van der Waals surface area contributed by atoms with Gasteiger partial charge < -0.3 is 14.4 Å². The molecule has 3 aromatic rings. The summed E-state index contributed by atoms with van der Waals surface area (Å²) in [5, 5.41) is 2.81. The molecule has 0 aromatic carbocycles. The first-order chi connectivity index (χ1) is 16.1. The molecule has 0 saturated carbocycles. The Morgan fingerprint density at radius 3 is 2.53 bits per heavy atom. The maximum atomic E-state index is 12.9. The fourth-order valence-electron chi connectivity index (χ4n) is 3.48. The molecule has 0 bridgehead atoms. The van der Waals surface area contributed by atoms with Crippen molar-refractivity contribution in [3.8, 4) is 17.1 Å². The third-order valence-electron chi connectivity index (χ3n) is 5.07. The number of carbonyl (C=O) groups is 1. The van der Waals surface area contributed by atoms with Gasteiger partial charge in [0.15, 0.2) is 0 Å². The Balaban J connectivity index is 1.42. The number of halogens is 3. The first kappa shape index (κ1) is 23.4. The van der Waals surface area contributed by atoms with Crippen molar-refractivity contribution in [1.82, 2.24) is 15.0 Å². The third kappa shape index (κ3) is 5.09. The van der Waals surface area contributed by atoms with Gasteiger partial charge in [0.25, 0.3) is 0 Å². The summed E-state index contributed by atoms with van der Waals surface area (Å²) in [6, 6.07) is 8.96. The van der Waals surface area contributed by atoms with Gasteiger partial charge in [-0.15, -0.1) is 0 Å². The molecule has 0 unspecified atom stereocenters. The van der Waals surface area contributed by atoms with E-state index in [2.05, 4.69) is 24.5 Å². The predicted molar refractivity (Wildman–Crippen MR) is 116 cm³/mol. The highest BCUT2D eigenvalue weighted by Gasteiger charge is 2.48. The van der Waals surface area contributed by atoms with Crippen molar-refractivity contribution in [2.45, 2.75) is 24.4 Å². The minimum atomic E-state index is -5.81. The van der Waals surface area contributed by atoms with Crippen LogP contribution in [0, 0.1) is 0 Å². The summed E-state index contributed by atoms with van der Waals surface area (Å²) in [5.74, 6) is -1.01. The number of anilines is 2. The Hall–Kier alpha value is -3.74. The molecule has 3 aromatic heterocycles. The van der Waals surface area contributed by atoms with E-state index in [0.717, 1.165) is 17.8 Å². The molecule has 1 aliphatic rings. The summed E-state index contributed by atoms with van der Waals surface area (Å²) in [6.07, 6.45) is 7.29. The molecule has 1 atom stereocenters. The smallest absolute Gasteiger partial charge is 0.358 e. The zero-order valence-electron chi connectivity index (χ0n) is 17.4. The zero-order valence-corrected chi connectivity index (χ0v) is 18.3. The van der Waals surface area contributed by atoms with E-state index < -0.39 is 27.5 Å². The van der Waals surface area contributed by atoms with E-state index in [4.69, 9.17) is 0 Å². The molecule has 0 spiro atoms. The molecule has 0 aliphatic carbocycles. The van der Waals surface area contributed by atoms with Gasteiger partial charge in [-0.25, -0.2) is 4.98 Å². The number of nitrogens with one attached hydrogen (secondary N) is 1. The highest BCUT2D eigenvalue weighted by molar-refractivity contribution is 7.87. The van der Waals surface area contributed by atoms with Crippen LogP contribution in [-0.2, 0) is 14.9 Å². The number of nitrogens with zero attached hydrogens (tertiary/aromatic N) is 4. The maximum Gasteiger partial charge on any atom is 0.534 e. The molecule has 1 amide bonds. The highest BCUT2D eigenvalue weighted by atomic mass is 32.2. The van der Waals surface area contributed by atoms with Crippen molar-refractivity contribution in [3.63, 3.8) is 0 Å². The number of carbonyl (C=O) groups excluding carboxylic acids is 1. The quantitative estimate of drug-likeness (QED) is 0.411. The van der Waals surface area contributed by atoms with E-state index in [9.17, 15) is 26.4 Å². The van der Waals surface area contributed by atoms with Gasteiger partial charge >= 0.3 is 15.6 Å². The van der Waals surface area contributed by atoms with E-state index >= 15 is 0 Å². The largest absolute Gasteiger partial charge is 0.534 e. The van der Waals surface area contributed by atoms with Gasteiger partial charge in [0.2, 0.25) is 11.8 Å². The summed E-state index contributed by atoms with van der Waals surface area (Å²) in [4.78, 5) is 26.7. The summed E-state index contributed by atoms with van der Waals surface area (Å²) in [5.41, 5.74) is -3.07. The van der Waals surface area contributed by atoms with Crippen LogP contribution in [0.3, 0.4) is 0 Å². The first-order valence-electron chi connectivity index (χ1n) is 10.0. The molecule has 178 valence electrons. The molecule has 4 heterocycles. The van der Waals surface area contributed by atoms with Crippen molar-refractivity contribution in [2.75, 3.05) is 16.8 Å². The lowest BCUT2D eigenvalue weighted by atomic mass is 10.1. The lowest BCUT2D eigenvalue weighted by Crippen LogP contribution is -2.39. The fraction of sp³-hybridized carbons (Fsp3) is 0.238. The lowest BCUT2D eigenvalue weighted by Gasteiger charge is -2.25. The van der Waals surface area contributed by atoms with Crippen LogP contribution in [0.25, 0.3) is 11.3 Å². The first-order valence-corrected chi connectivity index (χ1v) is 11.5. The molecule has 4 rings (SSSR count). The summed E-state index contributed by atoms with van der Waals surface area (Å²) >= 11 is 0. The molecule has 34 heavy (non-hydrogen) atoms. The Morgan fingerprint density at radius 1 is 1.09 bits per heavy atom. The number of hydrogen-bond donors (Lipinski definition) is 1. The van der Waals surface area contributed by atoms with Crippen molar-refractivity contribution < 1.29 is 30.6 Å². The van der Waals surface area contributed by atoms with Crippen LogP contribution < -0.4 is 14.4 Å². The van der Waals surface area contributed by atoms with Crippen LogP contribution in [0.2, 0.25) is 0 Å². The normalized spacial score (nSPS) is 16.3. The molecule has 13 heteroatoms. The van der Waals surface area contributed by atoms with Gasteiger partial charge in [-0.2, -0.15) is 21.6 Å². The van der Waals surface area contributed by atoms with E-state index in [1.807, 2.05) is 6.07 Å². The van der Waals surface area contributed by atoms with Gasteiger partial charge in [0.1, 0.15) is 6.04 Å². The van der Waals surface area contributed by atoms with Gasteiger partial charge in [-0.1, -0.05) is 0 Å². The van der Waals surface area contributed by atoms with E-state index in [0.29, 0.717) is 36.5 Å². The Kier molecular flexibility index (Phi) is 6.37. The lowest BCUT2D eigenvalue weighted by molar-refractivity contribution is -0.117. The SMILES string of the molecule is O=C(Nc1ccc(-c2cccnc2)nc1)[C@@H]1CCCN1c1ccc(OS(=O)(=O)C(F)(F)F)nc1. The topological polar surface area (TPSA) is 114 Å². The van der Waals surface area contributed by atoms with Crippen molar-refractivity contribution in [1.29, 1.82) is 0 Å². The van der Waals surface area contributed by atoms with Crippen LogP contribution in [0.4, 0.5) is 24.5 Å². The van der Waals surface area contributed by atoms with Crippen molar-refractivity contribution >= 4 is 27.4 Å². The Bertz CT molecular complexity index is 1250. The minimum Gasteiger partial charge on any atom is -0.358 e. The number of aromatic nitrogens is 3. The van der Waals surface area contributed by atoms with Gasteiger partial charge in [0.05, 0.1) is 29.5 Å². The number of alkyl halides is 3. The molecular weight excluding hydrogens is 475 g/mol. The van der Waals surface area contributed by atoms with E-state index in [1.165, 1.54) is 12.3 Å². The molecular formula is C21H18F3N5O4S. The second-order valence-corrected chi connectivity index (χ2v) is 8.89. The Labute approximate surface area is 192 Å².